The Morgan fingerprint density at radius 2 is 2.06 bits per heavy atom. The molecule has 96 valence electrons. The summed E-state index contributed by atoms with van der Waals surface area (Å²) in [4.78, 5) is 0. The van der Waals surface area contributed by atoms with Crippen LogP contribution in [0.3, 0.4) is 0 Å². The molecule has 1 rings (SSSR count). The van der Waals surface area contributed by atoms with E-state index in [2.05, 4.69) is 32.2 Å². The highest BCUT2D eigenvalue weighted by Gasteiger charge is 2.03. The molecular formula is C15H20N2O. The van der Waals surface area contributed by atoms with Gasteiger partial charge >= 0.3 is 0 Å². The molecule has 0 fully saturated rings. The van der Waals surface area contributed by atoms with Crippen LogP contribution in [0.4, 0.5) is 0 Å². The lowest BCUT2D eigenvalue weighted by Crippen LogP contribution is -2.18. The Hall–Kier alpha value is -1.79. The van der Waals surface area contributed by atoms with Crippen molar-refractivity contribution in [2.75, 3.05) is 13.2 Å². The topological polar surface area (TPSA) is 45.0 Å². The van der Waals surface area contributed by atoms with Crippen molar-refractivity contribution in [2.24, 2.45) is 0 Å². The molecule has 0 aliphatic rings. The maximum atomic E-state index is 8.42. The second kappa shape index (κ2) is 7.52. The Morgan fingerprint density at radius 3 is 2.61 bits per heavy atom. The van der Waals surface area contributed by atoms with Crippen LogP contribution in [0.2, 0.25) is 0 Å². The van der Waals surface area contributed by atoms with Crippen molar-refractivity contribution >= 4 is 0 Å². The van der Waals surface area contributed by atoms with Gasteiger partial charge in [-0.2, -0.15) is 5.26 Å². The number of rotatable bonds is 6. The summed E-state index contributed by atoms with van der Waals surface area (Å²) in [5.74, 6) is 0.733. The zero-order valence-corrected chi connectivity index (χ0v) is 11.2. The van der Waals surface area contributed by atoms with E-state index in [1.165, 1.54) is 11.1 Å². The first-order chi connectivity index (χ1) is 8.63. The third-order valence-corrected chi connectivity index (χ3v) is 2.62. The minimum Gasteiger partial charge on any atom is -0.479 e. The van der Waals surface area contributed by atoms with Crippen molar-refractivity contribution in [3.63, 3.8) is 0 Å². The minimum atomic E-state index is 0.0910. The van der Waals surface area contributed by atoms with Crippen LogP contribution in [0.1, 0.15) is 32.4 Å². The molecule has 1 atom stereocenters. The van der Waals surface area contributed by atoms with Gasteiger partial charge in [-0.25, -0.2) is 0 Å². The number of nitrogens with one attached hydrogen (secondary N) is 1. The van der Waals surface area contributed by atoms with E-state index in [4.69, 9.17) is 10.00 Å². The van der Waals surface area contributed by atoms with Crippen LogP contribution in [-0.4, -0.2) is 13.2 Å². The highest BCUT2D eigenvalue weighted by atomic mass is 16.5. The molecule has 0 bridgehead atoms. The number of hydrogen-bond donors (Lipinski definition) is 1. The molecule has 0 aliphatic carbocycles. The van der Waals surface area contributed by atoms with Gasteiger partial charge in [0, 0.05) is 12.6 Å². The predicted molar refractivity (Wildman–Crippen MR) is 73.4 cm³/mol. The number of nitriles is 1. The summed E-state index contributed by atoms with van der Waals surface area (Å²) in [5.41, 5.74) is 2.52. The summed E-state index contributed by atoms with van der Waals surface area (Å²) in [6, 6.07) is 10.1. The highest BCUT2D eigenvalue weighted by Crippen LogP contribution is 2.17. The Kier molecular flexibility index (Phi) is 5.96. The molecule has 0 saturated carbocycles. The largest absolute Gasteiger partial charge is 0.479 e. The molecule has 3 nitrogen and oxygen atoms in total. The lowest BCUT2D eigenvalue weighted by atomic mass is 10.1. The SMILES string of the molecule is CC(C)=CCNC(C)c1ccc(OCC#N)cc1. The summed E-state index contributed by atoms with van der Waals surface area (Å²) in [6.07, 6.45) is 2.17. The monoisotopic (exact) mass is 244 g/mol. The summed E-state index contributed by atoms with van der Waals surface area (Å²) >= 11 is 0. The van der Waals surface area contributed by atoms with Crippen molar-refractivity contribution in [2.45, 2.75) is 26.8 Å². The van der Waals surface area contributed by atoms with Crippen molar-refractivity contribution in [1.82, 2.24) is 5.32 Å². The molecule has 0 aromatic heterocycles. The number of nitrogens with zero attached hydrogens (tertiary/aromatic N) is 1. The molecule has 1 N–H and O–H groups in total. The highest BCUT2D eigenvalue weighted by molar-refractivity contribution is 5.29. The first-order valence-corrected chi connectivity index (χ1v) is 6.10. The Balaban J connectivity index is 2.51. The molecule has 18 heavy (non-hydrogen) atoms. The second-order valence-corrected chi connectivity index (χ2v) is 4.43. The number of allylic oxidation sites excluding steroid dienone is 1. The van der Waals surface area contributed by atoms with Crippen LogP contribution in [0.15, 0.2) is 35.9 Å². The van der Waals surface area contributed by atoms with Crippen LogP contribution >= 0.6 is 0 Å². The molecule has 1 unspecified atom stereocenters. The van der Waals surface area contributed by atoms with Crippen LogP contribution < -0.4 is 10.1 Å². The van der Waals surface area contributed by atoms with Crippen LogP contribution in [0.25, 0.3) is 0 Å². The fraction of sp³-hybridized carbons (Fsp3) is 0.400. The van der Waals surface area contributed by atoms with E-state index in [0.717, 1.165) is 12.3 Å². The Morgan fingerprint density at radius 1 is 1.39 bits per heavy atom. The first-order valence-electron chi connectivity index (χ1n) is 6.10. The third kappa shape index (κ3) is 5.03. The van der Waals surface area contributed by atoms with Crippen molar-refractivity contribution in [1.29, 1.82) is 5.26 Å². The molecule has 0 saturated heterocycles. The van der Waals surface area contributed by atoms with E-state index in [0.29, 0.717) is 6.04 Å². The van der Waals surface area contributed by atoms with Gasteiger partial charge in [0.2, 0.25) is 0 Å². The van der Waals surface area contributed by atoms with E-state index in [1.54, 1.807) is 0 Å². The quantitative estimate of drug-likeness (QED) is 0.781. The molecular weight excluding hydrogens is 224 g/mol. The molecule has 1 aromatic rings. The van der Waals surface area contributed by atoms with Crippen molar-refractivity contribution in [3.8, 4) is 11.8 Å². The standard InChI is InChI=1S/C15H20N2O/c1-12(2)8-10-17-13(3)14-4-6-15(7-5-14)18-11-9-16/h4-8,13,17H,10-11H2,1-3H3. The van der Waals surface area contributed by atoms with Gasteiger partial charge in [-0.1, -0.05) is 23.8 Å². The number of benzene rings is 1. The number of ether oxygens (including phenoxy) is 1. The van der Waals surface area contributed by atoms with Crippen molar-refractivity contribution < 1.29 is 4.74 Å². The average Bonchev–Trinajstić information content (AvgIpc) is 2.36. The molecule has 3 heteroatoms. The smallest absolute Gasteiger partial charge is 0.174 e. The Labute approximate surface area is 109 Å². The Bertz CT molecular complexity index is 425. The van der Waals surface area contributed by atoms with E-state index < -0.39 is 0 Å². The second-order valence-electron chi connectivity index (χ2n) is 4.43. The maximum absolute atomic E-state index is 8.42. The molecule has 0 aliphatic heterocycles. The zero-order valence-electron chi connectivity index (χ0n) is 11.2. The fourth-order valence-corrected chi connectivity index (χ4v) is 1.53. The molecule has 0 heterocycles. The summed E-state index contributed by atoms with van der Waals surface area (Å²) in [5, 5.41) is 11.8. The van der Waals surface area contributed by atoms with Crippen LogP contribution in [0, 0.1) is 11.3 Å². The van der Waals surface area contributed by atoms with Gasteiger partial charge in [0.25, 0.3) is 0 Å². The van der Waals surface area contributed by atoms with Gasteiger partial charge in [-0.15, -0.1) is 0 Å². The van der Waals surface area contributed by atoms with E-state index in [-0.39, 0.29) is 6.61 Å². The van der Waals surface area contributed by atoms with Gasteiger partial charge < -0.3 is 10.1 Å². The summed E-state index contributed by atoms with van der Waals surface area (Å²) in [7, 11) is 0. The van der Waals surface area contributed by atoms with Crippen LogP contribution in [0.5, 0.6) is 5.75 Å². The minimum absolute atomic E-state index is 0.0910. The van der Waals surface area contributed by atoms with Gasteiger partial charge in [0.05, 0.1) is 0 Å². The fourth-order valence-electron chi connectivity index (χ4n) is 1.53. The van der Waals surface area contributed by atoms with E-state index >= 15 is 0 Å². The van der Waals surface area contributed by atoms with Crippen molar-refractivity contribution in [3.05, 3.63) is 41.5 Å². The predicted octanol–water partition coefficient (Wildman–Crippen LogP) is 3.21. The third-order valence-electron chi connectivity index (χ3n) is 2.62. The van der Waals surface area contributed by atoms with Gasteiger partial charge in [-0.3, -0.25) is 0 Å². The molecule has 0 radical (unpaired) electrons. The molecule has 1 aromatic carbocycles. The molecule has 0 amide bonds. The lowest BCUT2D eigenvalue weighted by molar-refractivity contribution is 0.368. The van der Waals surface area contributed by atoms with Gasteiger partial charge in [0.15, 0.2) is 6.61 Å². The molecule has 0 spiro atoms. The van der Waals surface area contributed by atoms with Crippen LogP contribution in [-0.2, 0) is 0 Å². The number of hydrogen-bond acceptors (Lipinski definition) is 3. The van der Waals surface area contributed by atoms with E-state index in [1.807, 2.05) is 30.3 Å². The van der Waals surface area contributed by atoms with Gasteiger partial charge in [0.1, 0.15) is 11.8 Å². The van der Waals surface area contributed by atoms with Gasteiger partial charge in [-0.05, 0) is 38.5 Å². The maximum Gasteiger partial charge on any atom is 0.174 e. The average molecular weight is 244 g/mol. The zero-order chi connectivity index (χ0) is 13.4. The normalized spacial score (nSPS) is 11.4. The summed E-state index contributed by atoms with van der Waals surface area (Å²) in [6.45, 7) is 7.27. The lowest BCUT2D eigenvalue weighted by Gasteiger charge is -2.13. The first kappa shape index (κ1) is 14.3. The summed E-state index contributed by atoms with van der Waals surface area (Å²) < 4.78 is 5.21. The van der Waals surface area contributed by atoms with E-state index in [9.17, 15) is 0 Å².